The molecule has 3 N–H and O–H groups in total. The lowest BCUT2D eigenvalue weighted by Gasteiger charge is -2.28. The molecule has 0 fully saturated rings. The van der Waals surface area contributed by atoms with E-state index in [0.29, 0.717) is 12.2 Å². The van der Waals surface area contributed by atoms with Crippen LogP contribution in [-0.4, -0.2) is 34.9 Å². The highest BCUT2D eigenvalue weighted by Gasteiger charge is 2.27. The molecule has 0 saturated carbocycles. The van der Waals surface area contributed by atoms with E-state index in [1.165, 1.54) is 12.2 Å². The number of aliphatic hydroxyl groups is 2. The molecule has 0 radical (unpaired) electrons. The molecule has 0 aliphatic carbocycles. The standard InChI is InChI=1S/C13H19NO4/c1-3-13(8-15,9-16)14-12(17)7-6-11-5-4-10(2)18-11/h4-7,15-16H,3,8-9H2,1-2H3,(H,14,17)/b7-6+. The van der Waals surface area contributed by atoms with E-state index < -0.39 is 5.54 Å². The summed E-state index contributed by atoms with van der Waals surface area (Å²) >= 11 is 0. The largest absolute Gasteiger partial charge is 0.462 e. The fourth-order valence-electron chi connectivity index (χ4n) is 1.44. The highest BCUT2D eigenvalue weighted by molar-refractivity contribution is 5.91. The second-order valence-electron chi connectivity index (χ2n) is 4.22. The molecular formula is C13H19NO4. The number of aliphatic hydroxyl groups excluding tert-OH is 2. The number of amides is 1. The molecule has 5 nitrogen and oxygen atoms in total. The number of hydrogen-bond donors (Lipinski definition) is 3. The average Bonchev–Trinajstić information content (AvgIpc) is 2.80. The van der Waals surface area contributed by atoms with Gasteiger partial charge in [-0.15, -0.1) is 0 Å². The predicted octanol–water partition coefficient (Wildman–Crippen LogP) is 0.851. The predicted molar refractivity (Wildman–Crippen MR) is 67.8 cm³/mol. The first-order chi connectivity index (χ1) is 8.55. The maximum atomic E-state index is 11.7. The Kier molecular flexibility index (Phi) is 5.12. The Morgan fingerprint density at radius 2 is 2.11 bits per heavy atom. The summed E-state index contributed by atoms with van der Waals surface area (Å²) in [7, 11) is 0. The van der Waals surface area contributed by atoms with E-state index in [0.717, 1.165) is 5.76 Å². The quantitative estimate of drug-likeness (QED) is 0.656. The van der Waals surface area contributed by atoms with Gasteiger partial charge in [0.1, 0.15) is 11.5 Å². The molecule has 1 rings (SSSR count). The lowest BCUT2D eigenvalue weighted by atomic mass is 9.98. The van der Waals surface area contributed by atoms with Crippen molar-refractivity contribution in [2.75, 3.05) is 13.2 Å². The second kappa shape index (κ2) is 6.37. The van der Waals surface area contributed by atoms with E-state index in [-0.39, 0.29) is 19.1 Å². The molecule has 0 aliphatic rings. The zero-order valence-corrected chi connectivity index (χ0v) is 10.6. The molecule has 1 aromatic rings. The van der Waals surface area contributed by atoms with Crippen LogP contribution in [0.3, 0.4) is 0 Å². The third-order valence-electron chi connectivity index (χ3n) is 2.83. The minimum atomic E-state index is -0.972. The van der Waals surface area contributed by atoms with E-state index in [1.54, 1.807) is 19.1 Å². The van der Waals surface area contributed by atoms with Gasteiger partial charge in [-0.1, -0.05) is 6.92 Å². The molecule has 18 heavy (non-hydrogen) atoms. The van der Waals surface area contributed by atoms with Gasteiger partial charge in [0.15, 0.2) is 0 Å². The smallest absolute Gasteiger partial charge is 0.244 e. The van der Waals surface area contributed by atoms with Crippen LogP contribution in [-0.2, 0) is 4.79 Å². The van der Waals surface area contributed by atoms with Crippen LogP contribution < -0.4 is 5.32 Å². The van der Waals surface area contributed by atoms with Gasteiger partial charge in [0.25, 0.3) is 0 Å². The summed E-state index contributed by atoms with van der Waals surface area (Å²) in [5.41, 5.74) is -0.972. The maximum absolute atomic E-state index is 11.7. The summed E-state index contributed by atoms with van der Waals surface area (Å²) in [5, 5.41) is 21.0. The van der Waals surface area contributed by atoms with Crippen LogP contribution in [0.4, 0.5) is 0 Å². The fourth-order valence-corrected chi connectivity index (χ4v) is 1.44. The van der Waals surface area contributed by atoms with Gasteiger partial charge >= 0.3 is 0 Å². The Balaban J connectivity index is 2.63. The number of nitrogens with one attached hydrogen (secondary N) is 1. The summed E-state index contributed by atoms with van der Waals surface area (Å²) in [4.78, 5) is 11.7. The van der Waals surface area contributed by atoms with E-state index in [9.17, 15) is 15.0 Å². The summed E-state index contributed by atoms with van der Waals surface area (Å²) in [6, 6.07) is 3.56. The van der Waals surface area contributed by atoms with Crippen LogP contribution >= 0.6 is 0 Å². The van der Waals surface area contributed by atoms with Crippen LogP contribution in [0.2, 0.25) is 0 Å². The first-order valence-corrected chi connectivity index (χ1v) is 5.83. The van der Waals surface area contributed by atoms with Crippen LogP contribution in [0, 0.1) is 6.92 Å². The number of aryl methyl sites for hydroxylation is 1. The molecule has 1 aromatic heterocycles. The van der Waals surface area contributed by atoms with Crippen molar-refractivity contribution in [2.24, 2.45) is 0 Å². The zero-order chi connectivity index (χ0) is 13.6. The molecular weight excluding hydrogens is 234 g/mol. The molecule has 0 aromatic carbocycles. The molecule has 100 valence electrons. The fraction of sp³-hybridized carbons (Fsp3) is 0.462. The van der Waals surface area contributed by atoms with Crippen LogP contribution in [0.5, 0.6) is 0 Å². The van der Waals surface area contributed by atoms with E-state index in [2.05, 4.69) is 5.32 Å². The molecule has 0 bridgehead atoms. The number of carbonyl (C=O) groups is 1. The first kappa shape index (κ1) is 14.5. The van der Waals surface area contributed by atoms with Crippen LogP contribution in [0.1, 0.15) is 24.9 Å². The minimum absolute atomic E-state index is 0.306. The summed E-state index contributed by atoms with van der Waals surface area (Å²) in [5.74, 6) is 0.968. The van der Waals surface area contributed by atoms with Gasteiger partial charge in [-0.05, 0) is 31.6 Å². The number of hydrogen-bond acceptors (Lipinski definition) is 4. The Labute approximate surface area is 106 Å². The van der Waals surface area contributed by atoms with Crippen molar-refractivity contribution >= 4 is 12.0 Å². The van der Waals surface area contributed by atoms with Crippen molar-refractivity contribution in [3.63, 3.8) is 0 Å². The van der Waals surface area contributed by atoms with Gasteiger partial charge in [0.05, 0.1) is 18.8 Å². The molecule has 0 atom stereocenters. The van der Waals surface area contributed by atoms with E-state index >= 15 is 0 Å². The average molecular weight is 253 g/mol. The SMILES string of the molecule is CCC(CO)(CO)NC(=O)/C=C/c1ccc(C)o1. The summed E-state index contributed by atoms with van der Waals surface area (Å²) in [6.07, 6.45) is 3.30. The van der Waals surface area contributed by atoms with Crippen LogP contribution in [0.15, 0.2) is 22.6 Å². The lowest BCUT2D eigenvalue weighted by Crippen LogP contribution is -2.53. The molecule has 5 heteroatoms. The number of furan rings is 1. The molecule has 0 aliphatic heterocycles. The summed E-state index contributed by atoms with van der Waals surface area (Å²) < 4.78 is 5.28. The molecule has 1 amide bonds. The Morgan fingerprint density at radius 1 is 1.44 bits per heavy atom. The van der Waals surface area contributed by atoms with Crippen molar-refractivity contribution in [3.05, 3.63) is 29.7 Å². The molecule has 0 unspecified atom stereocenters. The van der Waals surface area contributed by atoms with Crippen molar-refractivity contribution in [3.8, 4) is 0 Å². The van der Waals surface area contributed by atoms with Crippen molar-refractivity contribution in [2.45, 2.75) is 25.8 Å². The number of rotatable bonds is 6. The summed E-state index contributed by atoms with van der Waals surface area (Å²) in [6.45, 7) is 2.99. The van der Waals surface area contributed by atoms with Crippen molar-refractivity contribution in [1.82, 2.24) is 5.32 Å². The van der Waals surface area contributed by atoms with Gasteiger partial charge in [-0.2, -0.15) is 0 Å². The van der Waals surface area contributed by atoms with Gasteiger partial charge in [0, 0.05) is 6.08 Å². The normalized spacial score (nSPS) is 12.0. The lowest BCUT2D eigenvalue weighted by molar-refractivity contribution is -0.119. The topological polar surface area (TPSA) is 82.7 Å². The molecule has 1 heterocycles. The third kappa shape index (κ3) is 3.72. The van der Waals surface area contributed by atoms with Gasteiger partial charge in [-0.3, -0.25) is 4.79 Å². The Morgan fingerprint density at radius 3 is 2.56 bits per heavy atom. The van der Waals surface area contributed by atoms with Gasteiger partial charge in [-0.25, -0.2) is 0 Å². The minimum Gasteiger partial charge on any atom is -0.462 e. The van der Waals surface area contributed by atoms with Crippen molar-refractivity contribution in [1.29, 1.82) is 0 Å². The van der Waals surface area contributed by atoms with E-state index in [4.69, 9.17) is 4.42 Å². The van der Waals surface area contributed by atoms with Crippen molar-refractivity contribution < 1.29 is 19.4 Å². The Hall–Kier alpha value is -1.59. The second-order valence-corrected chi connectivity index (χ2v) is 4.22. The van der Waals surface area contributed by atoms with E-state index in [1.807, 2.05) is 6.92 Å². The highest BCUT2D eigenvalue weighted by Crippen LogP contribution is 2.10. The number of carbonyl (C=O) groups excluding carboxylic acids is 1. The third-order valence-corrected chi connectivity index (χ3v) is 2.83. The van der Waals surface area contributed by atoms with Crippen LogP contribution in [0.25, 0.3) is 6.08 Å². The monoisotopic (exact) mass is 253 g/mol. The highest BCUT2D eigenvalue weighted by atomic mass is 16.3. The first-order valence-electron chi connectivity index (χ1n) is 5.83. The molecule has 0 spiro atoms. The molecule has 0 saturated heterocycles. The zero-order valence-electron chi connectivity index (χ0n) is 10.6. The van der Waals surface area contributed by atoms with Gasteiger partial charge < -0.3 is 19.9 Å². The Bertz CT molecular complexity index is 410. The maximum Gasteiger partial charge on any atom is 0.244 e. The van der Waals surface area contributed by atoms with Gasteiger partial charge in [0.2, 0.25) is 5.91 Å².